The van der Waals surface area contributed by atoms with Gasteiger partial charge in [-0.25, -0.2) is 0 Å². The van der Waals surface area contributed by atoms with Crippen LogP contribution in [0.25, 0.3) is 11.1 Å². The van der Waals surface area contributed by atoms with Crippen molar-refractivity contribution in [3.05, 3.63) is 57.3 Å². The third-order valence-electron chi connectivity index (χ3n) is 4.91. The van der Waals surface area contributed by atoms with E-state index in [0.29, 0.717) is 16.4 Å². The maximum atomic E-state index is 12.4. The van der Waals surface area contributed by atoms with Gasteiger partial charge in [0.1, 0.15) is 17.9 Å². The van der Waals surface area contributed by atoms with Gasteiger partial charge < -0.3 is 20.4 Å². The smallest absolute Gasteiger partial charge is 0.148 e. The molecule has 5 nitrogen and oxygen atoms in total. The summed E-state index contributed by atoms with van der Waals surface area (Å²) in [6.07, 6.45) is 0.849. The Labute approximate surface area is 145 Å². The first-order valence-electron chi connectivity index (χ1n) is 7.96. The minimum Gasteiger partial charge on any atom is -0.629 e. The van der Waals surface area contributed by atoms with E-state index in [9.17, 15) is 10.4 Å². The van der Waals surface area contributed by atoms with Crippen molar-refractivity contribution in [2.24, 2.45) is 5.16 Å². The van der Waals surface area contributed by atoms with Gasteiger partial charge in [-0.15, -0.1) is 0 Å². The molecule has 2 aromatic carbocycles. The number of benzene rings is 2. The quantitative estimate of drug-likeness (QED) is 0.474. The van der Waals surface area contributed by atoms with Crippen molar-refractivity contribution < 1.29 is 10.3 Å². The summed E-state index contributed by atoms with van der Waals surface area (Å²) in [7, 11) is 2.09. The van der Waals surface area contributed by atoms with Crippen molar-refractivity contribution in [2.75, 3.05) is 20.1 Å². The van der Waals surface area contributed by atoms with E-state index in [2.05, 4.69) is 17.1 Å². The van der Waals surface area contributed by atoms with E-state index in [1.54, 1.807) is 0 Å². The molecule has 0 saturated heterocycles. The molecular formula is C18H18ClN3O2. The molecule has 0 bridgehead atoms. The molecule has 0 amide bonds. The van der Waals surface area contributed by atoms with Crippen LogP contribution < -0.4 is 5.06 Å². The molecule has 2 aliphatic heterocycles. The van der Waals surface area contributed by atoms with Crippen LogP contribution in [0.3, 0.4) is 0 Å². The second-order valence-electron chi connectivity index (χ2n) is 6.45. The predicted octanol–water partition coefficient (Wildman–Crippen LogP) is 2.20. The second-order valence-corrected chi connectivity index (χ2v) is 6.88. The normalized spacial score (nSPS) is 21.8. The second kappa shape index (κ2) is 5.86. The minimum atomic E-state index is 0.0229. The molecule has 124 valence electrons. The summed E-state index contributed by atoms with van der Waals surface area (Å²) in [6, 6.07) is 9.66. The zero-order valence-electron chi connectivity index (χ0n) is 13.3. The average Bonchev–Trinajstić information content (AvgIpc) is 2.91. The minimum absolute atomic E-state index is 0.0229. The van der Waals surface area contributed by atoms with Crippen LogP contribution in [0.4, 0.5) is 5.69 Å². The number of fused-ring (bicyclic) bond motifs is 3. The van der Waals surface area contributed by atoms with Crippen LogP contribution in [-0.2, 0) is 13.0 Å². The molecule has 6 heteroatoms. The van der Waals surface area contributed by atoms with E-state index in [1.165, 1.54) is 5.56 Å². The van der Waals surface area contributed by atoms with Crippen molar-refractivity contribution in [3.63, 3.8) is 0 Å². The molecule has 1 unspecified atom stereocenters. The Morgan fingerprint density at radius 3 is 2.71 bits per heavy atom. The maximum absolute atomic E-state index is 12.4. The van der Waals surface area contributed by atoms with Gasteiger partial charge >= 0.3 is 0 Å². The predicted molar refractivity (Wildman–Crippen MR) is 94.1 cm³/mol. The highest BCUT2D eigenvalue weighted by atomic mass is 35.5. The zero-order valence-corrected chi connectivity index (χ0v) is 14.1. The molecule has 2 N–H and O–H groups in total. The SMILES string of the molecule is CN1CCc2c(c(-c3ccc(Cl)cc3)cc3c2C(=NO)C[NH+]3[O-])C1. The van der Waals surface area contributed by atoms with Crippen molar-refractivity contribution >= 4 is 23.0 Å². The fraction of sp³-hybridized carbons (Fsp3) is 0.278. The Morgan fingerprint density at radius 2 is 2.00 bits per heavy atom. The van der Waals surface area contributed by atoms with Gasteiger partial charge in [0.2, 0.25) is 0 Å². The van der Waals surface area contributed by atoms with Gasteiger partial charge in [0.05, 0.1) is 5.56 Å². The summed E-state index contributed by atoms with van der Waals surface area (Å²) in [5, 5.41) is 25.8. The first-order chi connectivity index (χ1) is 11.6. The molecule has 0 fully saturated rings. The molecule has 0 saturated carbocycles. The molecule has 2 aromatic rings. The summed E-state index contributed by atoms with van der Waals surface area (Å²) in [5.41, 5.74) is 6.50. The van der Waals surface area contributed by atoms with Crippen LogP contribution in [-0.4, -0.2) is 36.0 Å². The zero-order chi connectivity index (χ0) is 16.8. The summed E-state index contributed by atoms with van der Waals surface area (Å²) in [4.78, 5) is 2.26. The van der Waals surface area contributed by atoms with Crippen LogP contribution in [0.15, 0.2) is 35.5 Å². The fourth-order valence-corrected chi connectivity index (χ4v) is 3.87. The number of hydroxylamine groups is 1. The molecule has 2 heterocycles. The van der Waals surface area contributed by atoms with Crippen molar-refractivity contribution in [2.45, 2.75) is 13.0 Å². The van der Waals surface area contributed by atoms with Crippen LogP contribution >= 0.6 is 11.6 Å². The van der Waals surface area contributed by atoms with Gasteiger partial charge in [-0.05, 0) is 47.9 Å². The summed E-state index contributed by atoms with van der Waals surface area (Å²) < 4.78 is 0. The van der Waals surface area contributed by atoms with E-state index < -0.39 is 0 Å². The maximum Gasteiger partial charge on any atom is 0.148 e. The number of hydrogen-bond acceptors (Lipinski definition) is 4. The Kier molecular flexibility index (Phi) is 3.81. The van der Waals surface area contributed by atoms with Crippen LogP contribution in [0.5, 0.6) is 0 Å². The van der Waals surface area contributed by atoms with Crippen molar-refractivity contribution in [1.82, 2.24) is 4.90 Å². The first kappa shape index (κ1) is 15.6. The number of likely N-dealkylation sites (N-methyl/N-ethyl adjacent to an activating group) is 1. The van der Waals surface area contributed by atoms with Gasteiger partial charge in [-0.2, -0.15) is 0 Å². The number of oxime groups is 1. The Hall–Kier alpha value is -1.92. The summed E-state index contributed by atoms with van der Waals surface area (Å²) in [5.74, 6) is 0. The third-order valence-corrected chi connectivity index (χ3v) is 5.17. The number of nitrogens with one attached hydrogen (secondary N) is 1. The van der Waals surface area contributed by atoms with Gasteiger partial charge in [0.15, 0.2) is 0 Å². The topological polar surface area (TPSA) is 63.3 Å². The van der Waals surface area contributed by atoms with Crippen LogP contribution in [0.2, 0.25) is 5.02 Å². The monoisotopic (exact) mass is 343 g/mol. The highest BCUT2D eigenvalue weighted by molar-refractivity contribution is 6.30. The molecule has 0 spiro atoms. The lowest BCUT2D eigenvalue weighted by molar-refractivity contribution is -0.760. The lowest BCUT2D eigenvalue weighted by Gasteiger charge is -2.29. The standard InChI is InChI=1S/C18H18ClN3O2/c1-21-7-6-13-15(9-21)14(11-2-4-12(19)5-3-11)8-17-18(13)16(20-23)10-22(17)24/h2-5,8,22-23H,6-7,9-10H2,1H3. The number of halogens is 1. The van der Waals surface area contributed by atoms with Gasteiger partial charge in [-0.3, -0.25) is 0 Å². The van der Waals surface area contributed by atoms with Gasteiger partial charge in [-0.1, -0.05) is 28.9 Å². The van der Waals surface area contributed by atoms with Gasteiger partial charge in [0.25, 0.3) is 0 Å². The first-order valence-corrected chi connectivity index (χ1v) is 8.34. The Balaban J connectivity index is 1.98. The van der Waals surface area contributed by atoms with E-state index >= 15 is 0 Å². The molecule has 4 rings (SSSR count). The van der Waals surface area contributed by atoms with Crippen LogP contribution in [0.1, 0.15) is 16.7 Å². The highest BCUT2D eigenvalue weighted by Gasteiger charge is 2.34. The molecule has 0 aromatic heterocycles. The number of rotatable bonds is 1. The Morgan fingerprint density at radius 1 is 1.25 bits per heavy atom. The fourth-order valence-electron chi connectivity index (χ4n) is 3.75. The highest BCUT2D eigenvalue weighted by Crippen LogP contribution is 2.37. The lowest BCUT2D eigenvalue weighted by atomic mass is 9.86. The van der Waals surface area contributed by atoms with E-state index in [1.807, 2.05) is 30.3 Å². The molecule has 0 aliphatic carbocycles. The summed E-state index contributed by atoms with van der Waals surface area (Å²) >= 11 is 6.01. The lowest BCUT2D eigenvalue weighted by Crippen LogP contribution is -3.01. The Bertz CT molecular complexity index is 833. The van der Waals surface area contributed by atoms with Crippen molar-refractivity contribution in [3.8, 4) is 11.1 Å². The third kappa shape index (κ3) is 2.41. The average molecular weight is 344 g/mol. The molecule has 0 radical (unpaired) electrons. The van der Waals surface area contributed by atoms with Crippen LogP contribution in [0, 0.1) is 5.21 Å². The molecular weight excluding hydrogens is 326 g/mol. The largest absolute Gasteiger partial charge is 0.629 e. The van der Waals surface area contributed by atoms with E-state index in [-0.39, 0.29) is 11.6 Å². The van der Waals surface area contributed by atoms with E-state index in [4.69, 9.17) is 11.6 Å². The summed E-state index contributed by atoms with van der Waals surface area (Å²) in [6.45, 7) is 1.92. The number of quaternary nitrogens is 1. The number of hydrogen-bond donors (Lipinski definition) is 2. The molecule has 1 atom stereocenters. The van der Waals surface area contributed by atoms with Gasteiger partial charge in [0, 0.05) is 24.2 Å². The molecule has 24 heavy (non-hydrogen) atoms. The van der Waals surface area contributed by atoms with Crippen molar-refractivity contribution in [1.29, 1.82) is 0 Å². The number of nitrogens with zero attached hydrogens (tertiary/aromatic N) is 2. The molecule has 2 aliphatic rings. The van der Waals surface area contributed by atoms with E-state index in [0.717, 1.165) is 41.8 Å².